The van der Waals surface area contributed by atoms with E-state index in [1.165, 1.54) is 5.56 Å². The van der Waals surface area contributed by atoms with Crippen molar-refractivity contribution in [3.05, 3.63) is 106 Å². The summed E-state index contributed by atoms with van der Waals surface area (Å²) in [5, 5.41) is 12.8. The Morgan fingerprint density at radius 2 is 1.55 bits per heavy atom. The molecular weight excluding hydrogens is 386 g/mol. The first-order chi connectivity index (χ1) is 15.1. The van der Waals surface area contributed by atoms with E-state index in [-0.39, 0.29) is 5.88 Å². The van der Waals surface area contributed by atoms with Crippen LogP contribution in [-0.4, -0.2) is 14.7 Å². The molecule has 1 N–H and O–H groups in total. The van der Waals surface area contributed by atoms with Crippen LogP contribution in [0, 0.1) is 13.8 Å². The maximum absolute atomic E-state index is 10.8. The van der Waals surface area contributed by atoms with E-state index in [0.717, 1.165) is 33.5 Å². The third-order valence-corrected chi connectivity index (χ3v) is 5.17. The van der Waals surface area contributed by atoms with Crippen molar-refractivity contribution < 1.29 is 9.84 Å². The summed E-state index contributed by atoms with van der Waals surface area (Å²) >= 11 is 0. The highest BCUT2D eigenvalue weighted by Crippen LogP contribution is 2.29. The highest BCUT2D eigenvalue weighted by Gasteiger charge is 2.15. The molecule has 5 rings (SSSR count). The molecule has 0 unspecified atom stereocenters. The van der Waals surface area contributed by atoms with Crippen LogP contribution in [0.25, 0.3) is 17.8 Å². The van der Waals surface area contributed by atoms with Crippen molar-refractivity contribution in [2.75, 3.05) is 0 Å². The van der Waals surface area contributed by atoms with E-state index in [2.05, 4.69) is 9.98 Å². The molecule has 0 spiro atoms. The van der Waals surface area contributed by atoms with E-state index in [0.29, 0.717) is 11.5 Å². The Bertz CT molecular complexity index is 1380. The summed E-state index contributed by atoms with van der Waals surface area (Å²) in [6.07, 6.45) is 3.79. The molecule has 2 heterocycles. The highest BCUT2D eigenvalue weighted by molar-refractivity contribution is 5.67. The second kappa shape index (κ2) is 7.61. The number of benzene rings is 3. The van der Waals surface area contributed by atoms with E-state index in [9.17, 15) is 5.11 Å². The number of hydrogen-bond donors (Lipinski definition) is 1. The van der Waals surface area contributed by atoms with Crippen molar-refractivity contribution >= 4 is 12.2 Å². The quantitative estimate of drug-likeness (QED) is 0.544. The molecule has 1 aliphatic heterocycles. The van der Waals surface area contributed by atoms with Crippen LogP contribution in [0.3, 0.4) is 0 Å². The van der Waals surface area contributed by atoms with Gasteiger partial charge in [-0.05, 0) is 68.5 Å². The van der Waals surface area contributed by atoms with E-state index in [1.54, 1.807) is 10.6 Å². The van der Waals surface area contributed by atoms with E-state index in [1.807, 2.05) is 92.7 Å². The van der Waals surface area contributed by atoms with Crippen molar-refractivity contribution in [3.8, 4) is 23.1 Å². The van der Waals surface area contributed by atoms with Gasteiger partial charge in [-0.15, -0.1) is 0 Å². The number of allylic oxidation sites excluding steroid dienone is 1. The minimum Gasteiger partial charge on any atom is -0.493 e. The molecule has 0 aliphatic carbocycles. The van der Waals surface area contributed by atoms with Gasteiger partial charge in [0.1, 0.15) is 23.0 Å². The Hall–Kier alpha value is -4.12. The minimum atomic E-state index is 0.0803. The molecule has 0 atom stereocenters. The lowest BCUT2D eigenvalue weighted by Crippen LogP contribution is -2.19. The maximum atomic E-state index is 10.8. The first-order valence-electron chi connectivity index (χ1n) is 10.1. The van der Waals surface area contributed by atoms with Gasteiger partial charge in [0.25, 0.3) is 0 Å². The van der Waals surface area contributed by atoms with Gasteiger partial charge in [-0.2, -0.15) is 0 Å². The fraction of sp³-hybridized carbons (Fsp3) is 0.0769. The molecular formula is C26H21N3O2. The molecule has 152 valence electrons. The summed E-state index contributed by atoms with van der Waals surface area (Å²) in [5.74, 6) is 2.28. The largest absolute Gasteiger partial charge is 0.493 e. The average molecular weight is 407 g/mol. The van der Waals surface area contributed by atoms with Gasteiger partial charge >= 0.3 is 0 Å². The Labute approximate surface area is 179 Å². The van der Waals surface area contributed by atoms with Crippen LogP contribution in [0.1, 0.15) is 17.1 Å². The molecule has 0 bridgehead atoms. The van der Waals surface area contributed by atoms with Crippen LogP contribution in [0.5, 0.6) is 17.4 Å². The number of ether oxygens (including phenoxy) is 1. The third-order valence-electron chi connectivity index (χ3n) is 5.17. The summed E-state index contributed by atoms with van der Waals surface area (Å²) < 4.78 is 7.61. The third kappa shape index (κ3) is 3.73. The van der Waals surface area contributed by atoms with Crippen molar-refractivity contribution in [2.45, 2.75) is 13.8 Å². The summed E-state index contributed by atoms with van der Waals surface area (Å²) in [6.45, 7) is 3.91. The molecule has 0 saturated heterocycles. The molecule has 3 aromatic carbocycles. The zero-order chi connectivity index (χ0) is 21.4. The number of imidazole rings is 1. The van der Waals surface area contributed by atoms with Gasteiger partial charge < -0.3 is 9.84 Å². The lowest BCUT2D eigenvalue weighted by atomic mass is 10.2. The smallest absolute Gasteiger partial charge is 0.223 e. The van der Waals surface area contributed by atoms with E-state index in [4.69, 9.17) is 4.74 Å². The fourth-order valence-corrected chi connectivity index (χ4v) is 3.61. The Morgan fingerprint density at radius 3 is 2.26 bits per heavy atom. The van der Waals surface area contributed by atoms with Gasteiger partial charge in [-0.3, -0.25) is 4.57 Å². The molecule has 1 aromatic heterocycles. The Balaban J connectivity index is 1.42. The number of aromatic hydroxyl groups is 1. The van der Waals surface area contributed by atoms with Crippen molar-refractivity contribution in [3.63, 3.8) is 0 Å². The van der Waals surface area contributed by atoms with Crippen molar-refractivity contribution in [2.24, 2.45) is 4.99 Å². The lowest BCUT2D eigenvalue weighted by Gasteiger charge is -2.09. The average Bonchev–Trinajstić information content (AvgIpc) is 3.30. The first-order valence-corrected chi connectivity index (χ1v) is 10.1. The number of para-hydroxylation sites is 1. The van der Waals surface area contributed by atoms with E-state index < -0.39 is 0 Å². The molecule has 0 amide bonds. The number of aryl methyl sites for hydroxylation is 2. The van der Waals surface area contributed by atoms with Crippen LogP contribution in [0.4, 0.5) is 0 Å². The van der Waals surface area contributed by atoms with Crippen LogP contribution in [0.2, 0.25) is 0 Å². The van der Waals surface area contributed by atoms with Crippen LogP contribution in [0.15, 0.2) is 83.5 Å². The minimum absolute atomic E-state index is 0.0803. The van der Waals surface area contributed by atoms with Gasteiger partial charge in [0.2, 0.25) is 5.88 Å². The highest BCUT2D eigenvalue weighted by atomic mass is 16.5. The van der Waals surface area contributed by atoms with E-state index >= 15 is 0 Å². The Morgan fingerprint density at radius 1 is 0.871 bits per heavy atom. The van der Waals surface area contributed by atoms with Crippen molar-refractivity contribution in [1.29, 1.82) is 0 Å². The zero-order valence-electron chi connectivity index (χ0n) is 17.3. The summed E-state index contributed by atoms with van der Waals surface area (Å²) in [5.41, 5.74) is 3.24. The number of hydrogen-bond acceptors (Lipinski definition) is 4. The molecule has 0 fully saturated rings. The summed E-state index contributed by atoms with van der Waals surface area (Å²) in [4.78, 5) is 9.12. The fourth-order valence-electron chi connectivity index (χ4n) is 3.61. The van der Waals surface area contributed by atoms with Gasteiger partial charge in [-0.1, -0.05) is 35.9 Å². The predicted octanol–water partition coefficient (Wildman–Crippen LogP) is 4.44. The first kappa shape index (κ1) is 18.9. The van der Waals surface area contributed by atoms with Crippen LogP contribution < -0.4 is 15.3 Å². The normalized spacial score (nSPS) is 13.5. The SMILES string of the molecule is Cc1ccc(Oc2ccc(-n3c(C)nc(/C=C4\C=c5ccccc5=N4)c3O)cc2)cc1. The molecule has 5 nitrogen and oxygen atoms in total. The summed E-state index contributed by atoms with van der Waals surface area (Å²) in [6, 6.07) is 23.4. The lowest BCUT2D eigenvalue weighted by molar-refractivity contribution is 0.440. The second-order valence-electron chi connectivity index (χ2n) is 7.50. The van der Waals surface area contributed by atoms with Crippen LogP contribution in [-0.2, 0) is 0 Å². The summed E-state index contributed by atoms with van der Waals surface area (Å²) in [7, 11) is 0. The van der Waals surface area contributed by atoms with Crippen LogP contribution >= 0.6 is 0 Å². The predicted molar refractivity (Wildman–Crippen MR) is 121 cm³/mol. The number of fused-ring (bicyclic) bond motifs is 1. The van der Waals surface area contributed by atoms with Crippen molar-refractivity contribution in [1.82, 2.24) is 9.55 Å². The number of aromatic nitrogens is 2. The molecule has 31 heavy (non-hydrogen) atoms. The molecule has 5 heteroatoms. The monoisotopic (exact) mass is 407 g/mol. The molecule has 0 radical (unpaired) electrons. The number of nitrogens with zero attached hydrogens (tertiary/aromatic N) is 3. The standard InChI is InChI=1S/C26H21N3O2/c1-17-7-11-22(12-8-17)31-23-13-9-21(10-14-23)29-18(2)27-25(26(29)30)16-20-15-19-5-3-4-6-24(19)28-20/h3-16,30H,1-2H3/b20-16+. The Kier molecular flexibility index (Phi) is 4.64. The zero-order valence-corrected chi connectivity index (χ0v) is 17.3. The topological polar surface area (TPSA) is 59.6 Å². The van der Waals surface area contributed by atoms with Gasteiger partial charge in [0, 0.05) is 5.22 Å². The van der Waals surface area contributed by atoms with Gasteiger partial charge in [0.15, 0.2) is 0 Å². The number of rotatable bonds is 4. The molecule has 4 aromatic rings. The maximum Gasteiger partial charge on any atom is 0.223 e. The van der Waals surface area contributed by atoms with Gasteiger partial charge in [-0.25, -0.2) is 9.98 Å². The molecule has 1 aliphatic rings. The molecule has 0 saturated carbocycles. The van der Waals surface area contributed by atoms with Gasteiger partial charge in [0.05, 0.1) is 16.7 Å². The second-order valence-corrected chi connectivity index (χ2v) is 7.50.